The molecule has 2 aromatic heterocycles. The number of amides is 1. The lowest BCUT2D eigenvalue weighted by atomic mass is 10.1. The van der Waals surface area contributed by atoms with E-state index in [0.717, 1.165) is 16.8 Å². The Balaban J connectivity index is 1.78. The molecule has 0 fully saturated rings. The molecule has 0 saturated heterocycles. The predicted octanol–water partition coefficient (Wildman–Crippen LogP) is 6.55. The summed E-state index contributed by atoms with van der Waals surface area (Å²) < 4.78 is 123. The zero-order valence-electron chi connectivity index (χ0n) is 18.4. The molecule has 1 N–H and O–H groups in total. The molecule has 4 rings (SSSR count). The fourth-order valence-electron chi connectivity index (χ4n) is 3.58. The van der Waals surface area contributed by atoms with Gasteiger partial charge in [-0.1, -0.05) is 6.07 Å². The van der Waals surface area contributed by atoms with Crippen LogP contribution in [0.3, 0.4) is 0 Å². The number of anilines is 1. The first kappa shape index (κ1) is 26.0. The number of alkyl halides is 5. The third kappa shape index (κ3) is 5.08. The molecule has 0 bridgehead atoms. The smallest absolute Gasteiger partial charge is 0.319 e. The maximum Gasteiger partial charge on any atom is 0.433 e. The first-order valence-corrected chi connectivity index (χ1v) is 10.2. The molecule has 0 aliphatic heterocycles. The van der Waals surface area contributed by atoms with Crippen LogP contribution in [0.25, 0.3) is 10.9 Å². The van der Waals surface area contributed by atoms with Gasteiger partial charge in [-0.15, -0.1) is 0 Å². The van der Waals surface area contributed by atoms with Crippen LogP contribution in [0.4, 0.5) is 45.2 Å². The summed E-state index contributed by atoms with van der Waals surface area (Å²) in [5.74, 6) is -6.69. The van der Waals surface area contributed by atoms with Gasteiger partial charge in [-0.05, 0) is 36.8 Å². The summed E-state index contributed by atoms with van der Waals surface area (Å²) in [6, 6.07) is 3.90. The van der Waals surface area contributed by atoms with Crippen molar-refractivity contribution in [3.63, 3.8) is 0 Å². The number of carbonyl (C=O) groups excluding carboxylic acids is 1. The van der Waals surface area contributed by atoms with Gasteiger partial charge in [0.25, 0.3) is 12.3 Å². The number of fused-ring (bicyclic) bond motifs is 1. The average molecular weight is 532 g/mol. The first-order valence-electron chi connectivity index (χ1n) is 10.2. The summed E-state index contributed by atoms with van der Waals surface area (Å²) in [6.07, 6.45) is -8.33. The molecule has 0 saturated carbocycles. The predicted molar refractivity (Wildman–Crippen MR) is 112 cm³/mol. The van der Waals surface area contributed by atoms with E-state index in [1.54, 1.807) is 0 Å². The zero-order valence-corrected chi connectivity index (χ0v) is 18.4. The van der Waals surface area contributed by atoms with E-state index in [0.29, 0.717) is 12.1 Å². The van der Waals surface area contributed by atoms with Crippen molar-refractivity contribution in [1.82, 2.24) is 14.8 Å². The molecular formula is C23H13F9N4O. The highest BCUT2D eigenvalue weighted by Crippen LogP contribution is 2.34. The molecule has 4 aromatic rings. The third-order valence-electron chi connectivity index (χ3n) is 5.38. The number of nitrogens with zero attached hydrogens (tertiary/aromatic N) is 3. The third-order valence-corrected chi connectivity index (χ3v) is 5.38. The van der Waals surface area contributed by atoms with Crippen LogP contribution < -0.4 is 5.32 Å². The van der Waals surface area contributed by atoms with Gasteiger partial charge in [-0.3, -0.25) is 9.48 Å². The van der Waals surface area contributed by atoms with Gasteiger partial charge in [0, 0.05) is 11.5 Å². The van der Waals surface area contributed by atoms with E-state index < -0.39 is 75.3 Å². The number of hydrogen-bond donors (Lipinski definition) is 1. The zero-order chi connectivity index (χ0) is 27.2. The van der Waals surface area contributed by atoms with E-state index >= 15 is 0 Å². The van der Waals surface area contributed by atoms with Gasteiger partial charge in [-0.2, -0.15) is 18.3 Å². The van der Waals surface area contributed by atoms with Crippen LogP contribution >= 0.6 is 0 Å². The molecule has 5 nitrogen and oxygen atoms in total. The molecular weight excluding hydrogens is 519 g/mol. The van der Waals surface area contributed by atoms with Crippen molar-refractivity contribution >= 4 is 22.5 Å². The first-order chi connectivity index (χ1) is 17.3. The van der Waals surface area contributed by atoms with Crippen molar-refractivity contribution in [2.24, 2.45) is 0 Å². The van der Waals surface area contributed by atoms with Crippen LogP contribution in [0.1, 0.15) is 39.4 Å². The largest absolute Gasteiger partial charge is 0.433 e. The Morgan fingerprint density at radius 2 is 1.62 bits per heavy atom. The van der Waals surface area contributed by atoms with Crippen LogP contribution in [-0.2, 0) is 12.7 Å². The number of pyridine rings is 1. The number of hydrogen-bond acceptors (Lipinski definition) is 3. The molecule has 194 valence electrons. The second-order valence-electron chi connectivity index (χ2n) is 7.84. The number of carbonyl (C=O) groups is 1. The monoisotopic (exact) mass is 532 g/mol. The summed E-state index contributed by atoms with van der Waals surface area (Å²) in [5, 5.41) is 5.24. The Labute approximate surface area is 201 Å². The minimum absolute atomic E-state index is 0.0972. The molecule has 0 aliphatic carbocycles. The SMILES string of the molecule is Cc1c(NC(=O)c2cc(C(F)(F)F)nc3cc(F)c(F)cc23)c(C(F)F)nn1Cc1ccc(F)c(F)c1. The fourth-order valence-corrected chi connectivity index (χ4v) is 3.58. The normalized spacial score (nSPS) is 12.0. The van der Waals surface area contributed by atoms with Gasteiger partial charge in [-0.25, -0.2) is 31.3 Å². The van der Waals surface area contributed by atoms with E-state index in [1.807, 2.05) is 0 Å². The molecule has 2 heterocycles. The highest BCUT2D eigenvalue weighted by atomic mass is 19.4. The molecule has 2 aromatic carbocycles. The summed E-state index contributed by atoms with van der Waals surface area (Å²) in [4.78, 5) is 16.2. The Bertz CT molecular complexity index is 1530. The average Bonchev–Trinajstić information content (AvgIpc) is 3.11. The Kier molecular flexibility index (Phi) is 6.60. The van der Waals surface area contributed by atoms with Gasteiger partial charge in [0.15, 0.2) is 29.0 Å². The second-order valence-corrected chi connectivity index (χ2v) is 7.84. The minimum atomic E-state index is -5.08. The van der Waals surface area contributed by atoms with Gasteiger partial charge in [0.2, 0.25) is 0 Å². The van der Waals surface area contributed by atoms with E-state index in [2.05, 4.69) is 15.4 Å². The standard InChI is InChI=1S/C23H13F9N4O/c1-9-19(20(21(28)29)35-36(9)8-10-2-3-13(24)14(25)4-10)34-22(37)12-6-18(23(30,31)32)33-17-7-16(27)15(26)5-11(12)17/h2-7,21H,8H2,1H3,(H,34,37). The molecule has 37 heavy (non-hydrogen) atoms. The lowest BCUT2D eigenvalue weighted by molar-refractivity contribution is -0.141. The highest BCUT2D eigenvalue weighted by Gasteiger charge is 2.35. The molecule has 0 radical (unpaired) electrons. The molecule has 14 heteroatoms. The topological polar surface area (TPSA) is 59.8 Å². The number of halogens is 9. The van der Waals surface area contributed by atoms with Gasteiger partial charge >= 0.3 is 6.18 Å². The van der Waals surface area contributed by atoms with Gasteiger partial charge < -0.3 is 5.32 Å². The number of aromatic nitrogens is 3. The van der Waals surface area contributed by atoms with Crippen molar-refractivity contribution < 1.29 is 44.3 Å². The number of nitrogens with one attached hydrogen (secondary N) is 1. The lowest BCUT2D eigenvalue weighted by Gasteiger charge is -2.13. The number of rotatable bonds is 5. The summed E-state index contributed by atoms with van der Waals surface area (Å²) in [6.45, 7) is 0.925. The summed E-state index contributed by atoms with van der Waals surface area (Å²) in [7, 11) is 0. The molecule has 1 amide bonds. The second kappa shape index (κ2) is 9.41. The molecule has 0 aliphatic rings. The Morgan fingerprint density at radius 1 is 0.973 bits per heavy atom. The molecule has 0 atom stereocenters. The fraction of sp³-hybridized carbons (Fsp3) is 0.174. The van der Waals surface area contributed by atoms with Crippen LogP contribution in [0.2, 0.25) is 0 Å². The van der Waals surface area contributed by atoms with Crippen LogP contribution in [0, 0.1) is 30.2 Å². The molecule has 0 spiro atoms. The quantitative estimate of drug-likeness (QED) is 0.297. The van der Waals surface area contributed by atoms with Gasteiger partial charge in [0.05, 0.1) is 29.0 Å². The number of benzene rings is 2. The minimum Gasteiger partial charge on any atom is -0.319 e. The molecule has 0 unspecified atom stereocenters. The van der Waals surface area contributed by atoms with Crippen molar-refractivity contribution in [2.75, 3.05) is 5.32 Å². The Hall–Kier alpha value is -4.10. The van der Waals surface area contributed by atoms with Crippen molar-refractivity contribution in [2.45, 2.75) is 26.1 Å². The van der Waals surface area contributed by atoms with Crippen molar-refractivity contribution in [1.29, 1.82) is 0 Å². The summed E-state index contributed by atoms with van der Waals surface area (Å²) in [5.41, 5.74) is -4.60. The van der Waals surface area contributed by atoms with Crippen LogP contribution in [-0.4, -0.2) is 20.7 Å². The van der Waals surface area contributed by atoms with E-state index in [1.165, 1.54) is 13.0 Å². The van der Waals surface area contributed by atoms with E-state index in [-0.39, 0.29) is 23.9 Å². The maximum atomic E-state index is 13.8. The summed E-state index contributed by atoms with van der Waals surface area (Å²) >= 11 is 0. The highest BCUT2D eigenvalue weighted by molar-refractivity contribution is 6.12. The van der Waals surface area contributed by atoms with E-state index in [9.17, 15) is 44.3 Å². The van der Waals surface area contributed by atoms with E-state index in [4.69, 9.17) is 0 Å². The van der Waals surface area contributed by atoms with Gasteiger partial charge in [0.1, 0.15) is 5.69 Å². The van der Waals surface area contributed by atoms with Crippen LogP contribution in [0.5, 0.6) is 0 Å². The van der Waals surface area contributed by atoms with Crippen molar-refractivity contribution in [3.05, 3.63) is 87.9 Å². The maximum absolute atomic E-state index is 13.8. The van der Waals surface area contributed by atoms with Crippen molar-refractivity contribution in [3.8, 4) is 0 Å². The lowest BCUT2D eigenvalue weighted by Crippen LogP contribution is -2.17. The van der Waals surface area contributed by atoms with Crippen LogP contribution in [0.15, 0.2) is 36.4 Å². The Morgan fingerprint density at radius 3 is 2.24 bits per heavy atom.